The fourth-order valence-corrected chi connectivity index (χ4v) is 1.94. The molecule has 0 saturated carbocycles. The Labute approximate surface area is 118 Å². The van der Waals surface area contributed by atoms with E-state index in [9.17, 15) is 4.79 Å². The quantitative estimate of drug-likeness (QED) is 0.828. The summed E-state index contributed by atoms with van der Waals surface area (Å²) >= 11 is 11.9. The smallest absolute Gasteiger partial charge is 0.263 e. The van der Waals surface area contributed by atoms with Gasteiger partial charge in [0.2, 0.25) is 0 Å². The molecular formula is C13H17Cl2NO2. The lowest BCUT2D eigenvalue weighted by molar-refractivity contribution is -0.137. The number of nitrogens with zero attached hydrogens (tertiary/aromatic N) is 1. The summed E-state index contributed by atoms with van der Waals surface area (Å²) in [6.45, 7) is 6.89. The number of carbonyl (C=O) groups excluding carboxylic acids is 1. The standard InChI is InChI=1S/C13H17Cl2NO2/c1-4-16(5-2)13(17)9(3)18-11-8-6-7-10(14)12(11)15/h6-9H,4-5H2,1-3H3. The van der Waals surface area contributed by atoms with E-state index < -0.39 is 6.10 Å². The highest BCUT2D eigenvalue weighted by Crippen LogP contribution is 2.32. The number of amides is 1. The van der Waals surface area contributed by atoms with Crippen molar-refractivity contribution in [3.8, 4) is 5.75 Å². The molecule has 0 aliphatic rings. The molecule has 0 aliphatic heterocycles. The van der Waals surface area contributed by atoms with E-state index in [-0.39, 0.29) is 5.91 Å². The number of hydrogen-bond donors (Lipinski definition) is 0. The summed E-state index contributed by atoms with van der Waals surface area (Å²) in [6.07, 6.45) is -0.583. The third-order valence-corrected chi connectivity index (χ3v) is 3.44. The van der Waals surface area contributed by atoms with E-state index in [1.165, 1.54) is 0 Å². The van der Waals surface area contributed by atoms with Gasteiger partial charge in [-0.1, -0.05) is 29.3 Å². The van der Waals surface area contributed by atoms with Crippen molar-refractivity contribution in [2.45, 2.75) is 26.9 Å². The van der Waals surface area contributed by atoms with Crippen molar-refractivity contribution < 1.29 is 9.53 Å². The maximum atomic E-state index is 12.0. The topological polar surface area (TPSA) is 29.5 Å². The van der Waals surface area contributed by atoms with Crippen LogP contribution in [-0.4, -0.2) is 30.0 Å². The highest BCUT2D eigenvalue weighted by molar-refractivity contribution is 6.42. The Morgan fingerprint density at radius 2 is 1.94 bits per heavy atom. The van der Waals surface area contributed by atoms with E-state index in [0.29, 0.717) is 28.9 Å². The Morgan fingerprint density at radius 3 is 2.50 bits per heavy atom. The first-order chi connectivity index (χ1) is 8.51. The fourth-order valence-electron chi connectivity index (χ4n) is 1.61. The molecule has 0 saturated heterocycles. The minimum Gasteiger partial charge on any atom is -0.479 e. The summed E-state index contributed by atoms with van der Waals surface area (Å²) in [7, 11) is 0. The first kappa shape index (κ1) is 15.1. The summed E-state index contributed by atoms with van der Waals surface area (Å²) in [5, 5.41) is 0.745. The molecule has 0 spiro atoms. The van der Waals surface area contributed by atoms with Crippen LogP contribution in [0.25, 0.3) is 0 Å². The molecule has 0 radical (unpaired) electrons. The van der Waals surface area contributed by atoms with Crippen molar-refractivity contribution in [3.63, 3.8) is 0 Å². The minimum absolute atomic E-state index is 0.0592. The van der Waals surface area contributed by atoms with Crippen LogP contribution in [0, 0.1) is 0 Å². The van der Waals surface area contributed by atoms with Crippen LogP contribution in [0.1, 0.15) is 20.8 Å². The third-order valence-electron chi connectivity index (χ3n) is 2.64. The van der Waals surface area contributed by atoms with Gasteiger partial charge in [-0.15, -0.1) is 0 Å². The molecule has 1 rings (SSSR count). The van der Waals surface area contributed by atoms with Gasteiger partial charge in [0.05, 0.1) is 5.02 Å². The molecule has 0 N–H and O–H groups in total. The Balaban J connectivity index is 2.78. The number of likely N-dealkylation sites (N-methyl/N-ethyl adjacent to an activating group) is 1. The average Bonchev–Trinajstić information content (AvgIpc) is 2.36. The lowest BCUT2D eigenvalue weighted by Crippen LogP contribution is -2.40. The SMILES string of the molecule is CCN(CC)C(=O)C(C)Oc1cccc(Cl)c1Cl. The second-order valence-corrected chi connectivity index (χ2v) is 4.61. The Morgan fingerprint density at radius 1 is 1.33 bits per heavy atom. The monoisotopic (exact) mass is 289 g/mol. The van der Waals surface area contributed by atoms with E-state index in [0.717, 1.165) is 0 Å². The molecule has 1 amide bonds. The van der Waals surface area contributed by atoms with Crippen LogP contribution in [-0.2, 0) is 4.79 Å². The molecule has 18 heavy (non-hydrogen) atoms. The number of halogens is 2. The zero-order chi connectivity index (χ0) is 13.7. The van der Waals surface area contributed by atoms with Crippen LogP contribution in [0.5, 0.6) is 5.75 Å². The van der Waals surface area contributed by atoms with Crippen LogP contribution in [0.15, 0.2) is 18.2 Å². The number of hydrogen-bond acceptors (Lipinski definition) is 2. The number of benzene rings is 1. The molecular weight excluding hydrogens is 273 g/mol. The molecule has 5 heteroatoms. The van der Waals surface area contributed by atoms with E-state index in [4.69, 9.17) is 27.9 Å². The number of rotatable bonds is 5. The lowest BCUT2D eigenvalue weighted by Gasteiger charge is -2.23. The van der Waals surface area contributed by atoms with Crippen molar-refractivity contribution in [2.75, 3.05) is 13.1 Å². The molecule has 100 valence electrons. The van der Waals surface area contributed by atoms with Crippen molar-refractivity contribution in [2.24, 2.45) is 0 Å². The third kappa shape index (κ3) is 3.53. The summed E-state index contributed by atoms with van der Waals surface area (Å²) in [4.78, 5) is 13.7. The zero-order valence-electron chi connectivity index (χ0n) is 10.7. The maximum Gasteiger partial charge on any atom is 0.263 e. The van der Waals surface area contributed by atoms with Gasteiger partial charge in [-0.25, -0.2) is 0 Å². The van der Waals surface area contributed by atoms with Gasteiger partial charge in [-0.2, -0.15) is 0 Å². The van der Waals surface area contributed by atoms with Crippen molar-refractivity contribution in [1.82, 2.24) is 4.90 Å². The molecule has 1 aromatic rings. The van der Waals surface area contributed by atoms with Crippen LogP contribution in [0.3, 0.4) is 0 Å². The Bertz CT molecular complexity index is 419. The van der Waals surface area contributed by atoms with Crippen molar-refractivity contribution >= 4 is 29.1 Å². The molecule has 0 aliphatic carbocycles. The molecule has 1 unspecified atom stereocenters. The van der Waals surface area contributed by atoms with E-state index in [1.54, 1.807) is 30.0 Å². The summed E-state index contributed by atoms with van der Waals surface area (Å²) in [5.41, 5.74) is 0. The molecule has 1 aromatic carbocycles. The second kappa shape index (κ2) is 6.86. The summed E-state index contributed by atoms with van der Waals surface area (Å²) in [6, 6.07) is 5.10. The molecule has 3 nitrogen and oxygen atoms in total. The van der Waals surface area contributed by atoms with E-state index in [1.807, 2.05) is 13.8 Å². The van der Waals surface area contributed by atoms with Gasteiger partial charge >= 0.3 is 0 Å². The molecule has 0 aromatic heterocycles. The van der Waals surface area contributed by atoms with Gasteiger partial charge in [0.1, 0.15) is 10.8 Å². The Hall–Kier alpha value is -0.930. The molecule has 0 heterocycles. The number of ether oxygens (including phenoxy) is 1. The van der Waals surface area contributed by atoms with Crippen LogP contribution in [0.2, 0.25) is 10.0 Å². The molecule has 1 atom stereocenters. The lowest BCUT2D eigenvalue weighted by atomic mass is 10.3. The van der Waals surface area contributed by atoms with Gasteiger partial charge < -0.3 is 9.64 Å². The van der Waals surface area contributed by atoms with Gasteiger partial charge in [-0.3, -0.25) is 4.79 Å². The average molecular weight is 290 g/mol. The normalized spacial score (nSPS) is 12.1. The van der Waals surface area contributed by atoms with E-state index in [2.05, 4.69) is 0 Å². The molecule has 0 bridgehead atoms. The predicted molar refractivity (Wildman–Crippen MR) is 74.5 cm³/mol. The largest absolute Gasteiger partial charge is 0.479 e. The van der Waals surface area contributed by atoms with Gasteiger partial charge in [-0.05, 0) is 32.9 Å². The first-order valence-corrected chi connectivity index (χ1v) is 6.66. The molecule has 0 fully saturated rings. The van der Waals surface area contributed by atoms with Crippen LogP contribution in [0.4, 0.5) is 0 Å². The maximum absolute atomic E-state index is 12.0. The van der Waals surface area contributed by atoms with Gasteiger partial charge in [0, 0.05) is 13.1 Å². The number of carbonyl (C=O) groups is 1. The van der Waals surface area contributed by atoms with Crippen molar-refractivity contribution in [1.29, 1.82) is 0 Å². The zero-order valence-corrected chi connectivity index (χ0v) is 12.3. The van der Waals surface area contributed by atoms with Crippen molar-refractivity contribution in [3.05, 3.63) is 28.2 Å². The fraction of sp³-hybridized carbons (Fsp3) is 0.462. The second-order valence-electron chi connectivity index (χ2n) is 3.82. The van der Waals surface area contributed by atoms with Crippen LogP contribution < -0.4 is 4.74 Å². The highest BCUT2D eigenvalue weighted by Gasteiger charge is 2.20. The van der Waals surface area contributed by atoms with Crippen LogP contribution >= 0.6 is 23.2 Å². The van der Waals surface area contributed by atoms with Gasteiger partial charge in [0.15, 0.2) is 6.10 Å². The first-order valence-electron chi connectivity index (χ1n) is 5.90. The minimum atomic E-state index is -0.583. The highest BCUT2D eigenvalue weighted by atomic mass is 35.5. The Kier molecular flexibility index (Phi) is 5.76. The van der Waals surface area contributed by atoms with Gasteiger partial charge in [0.25, 0.3) is 5.91 Å². The summed E-state index contributed by atoms with van der Waals surface area (Å²) < 4.78 is 5.56. The van der Waals surface area contributed by atoms with E-state index >= 15 is 0 Å². The predicted octanol–water partition coefficient (Wildman–Crippen LogP) is 3.63. The summed E-state index contributed by atoms with van der Waals surface area (Å²) in [5.74, 6) is 0.369.